The number of methoxy groups -OCH3 is 1. The lowest BCUT2D eigenvalue weighted by atomic mass is 9.93. The lowest BCUT2D eigenvalue weighted by molar-refractivity contribution is 0.414. The van der Waals surface area contributed by atoms with Crippen molar-refractivity contribution >= 4 is 20.4 Å². The van der Waals surface area contributed by atoms with Crippen molar-refractivity contribution in [2.24, 2.45) is 0 Å². The van der Waals surface area contributed by atoms with Gasteiger partial charge in [0.15, 0.2) is 0 Å². The number of rotatable bonds is 5. The molecule has 0 heterocycles. The van der Waals surface area contributed by atoms with Crippen molar-refractivity contribution in [1.29, 1.82) is 0 Å². The zero-order valence-corrected chi connectivity index (χ0v) is 12.3. The predicted molar refractivity (Wildman–Crippen MR) is 78.8 cm³/mol. The van der Waals surface area contributed by atoms with Crippen molar-refractivity contribution in [3.8, 4) is 5.75 Å². The molecule has 0 radical (unpaired) electrons. The summed E-state index contributed by atoms with van der Waals surface area (Å²) < 4.78 is 6.35. The molecule has 0 aliphatic heterocycles. The van der Waals surface area contributed by atoms with Gasteiger partial charge in [-0.2, -0.15) is 0 Å². The van der Waals surface area contributed by atoms with Crippen LogP contribution in [0.4, 0.5) is 0 Å². The van der Waals surface area contributed by atoms with Gasteiger partial charge in [0.05, 0.1) is 7.11 Å². The number of allylic oxidation sites excluding steroid dienone is 2. The van der Waals surface area contributed by atoms with Crippen molar-refractivity contribution in [2.45, 2.75) is 26.2 Å². The third kappa shape index (κ3) is 3.47. The molecule has 1 unspecified atom stereocenters. The van der Waals surface area contributed by atoms with Crippen LogP contribution in [0.15, 0.2) is 36.9 Å². The predicted octanol–water partition coefficient (Wildman–Crippen LogP) is 5.13. The Kier molecular flexibility index (Phi) is 5.49. The van der Waals surface area contributed by atoms with Gasteiger partial charge in [-0.05, 0) is 47.7 Å². The molecule has 0 saturated carbocycles. The van der Waals surface area contributed by atoms with E-state index in [0.717, 1.165) is 16.7 Å². The van der Waals surface area contributed by atoms with E-state index in [2.05, 4.69) is 48.5 Å². The summed E-state index contributed by atoms with van der Waals surface area (Å²) in [7, 11) is 1.70. The van der Waals surface area contributed by atoms with Gasteiger partial charge in [0.1, 0.15) is 5.75 Å². The Morgan fingerprint density at radius 3 is 2.76 bits per heavy atom. The summed E-state index contributed by atoms with van der Waals surface area (Å²) in [5.41, 5.74) is 2.51. The van der Waals surface area contributed by atoms with Crippen LogP contribution < -0.4 is 4.74 Å². The topological polar surface area (TPSA) is 9.23 Å². The highest BCUT2D eigenvalue weighted by atomic mass is 79.9. The first-order valence-corrected chi connectivity index (χ1v) is 6.59. The fourth-order valence-electron chi connectivity index (χ4n) is 1.71. The van der Waals surface area contributed by atoms with Gasteiger partial charge in [0, 0.05) is 4.48 Å². The van der Waals surface area contributed by atoms with Gasteiger partial charge in [-0.25, -0.2) is 0 Å². The van der Waals surface area contributed by atoms with Crippen LogP contribution >= 0.6 is 15.9 Å². The molecule has 1 rings (SSSR count). The zero-order chi connectivity index (χ0) is 12.8. The molecular weight excluding hydrogens is 276 g/mol. The maximum atomic E-state index is 5.29. The first-order chi connectivity index (χ1) is 8.13. The van der Waals surface area contributed by atoms with Crippen molar-refractivity contribution in [2.75, 3.05) is 7.11 Å². The first kappa shape index (κ1) is 14.0. The van der Waals surface area contributed by atoms with Gasteiger partial charge in [0.2, 0.25) is 0 Å². The van der Waals surface area contributed by atoms with Crippen molar-refractivity contribution in [1.82, 2.24) is 0 Å². The van der Waals surface area contributed by atoms with Crippen LogP contribution in [-0.4, -0.2) is 7.11 Å². The molecule has 0 fully saturated rings. The molecule has 0 aromatic heterocycles. The molecule has 1 aromatic rings. The van der Waals surface area contributed by atoms with Crippen LogP contribution in [0.5, 0.6) is 5.75 Å². The summed E-state index contributed by atoms with van der Waals surface area (Å²) >= 11 is 3.59. The minimum absolute atomic E-state index is 0.505. The van der Waals surface area contributed by atoms with E-state index in [-0.39, 0.29) is 0 Å². The van der Waals surface area contributed by atoms with E-state index in [1.54, 1.807) is 13.2 Å². The van der Waals surface area contributed by atoms with E-state index in [1.807, 2.05) is 12.1 Å². The summed E-state index contributed by atoms with van der Waals surface area (Å²) in [6.07, 6.45) is 4.86. The number of hydrogen-bond donors (Lipinski definition) is 0. The van der Waals surface area contributed by atoms with Crippen LogP contribution in [0.25, 0.3) is 4.48 Å². The molecule has 0 amide bonds. The van der Waals surface area contributed by atoms with E-state index in [9.17, 15) is 0 Å². The van der Waals surface area contributed by atoms with Crippen LogP contribution in [0.3, 0.4) is 0 Å². The van der Waals surface area contributed by atoms with Gasteiger partial charge < -0.3 is 4.74 Å². The maximum absolute atomic E-state index is 5.29. The Morgan fingerprint density at radius 2 is 2.24 bits per heavy atom. The number of halogens is 1. The molecular formula is C15H19BrO. The molecule has 2 heteroatoms. The van der Waals surface area contributed by atoms with Crippen molar-refractivity contribution in [3.05, 3.63) is 48.1 Å². The van der Waals surface area contributed by atoms with Crippen LogP contribution in [0.1, 0.15) is 37.3 Å². The van der Waals surface area contributed by atoms with Gasteiger partial charge >= 0.3 is 0 Å². The van der Waals surface area contributed by atoms with Crippen LogP contribution in [0, 0.1) is 0 Å². The van der Waals surface area contributed by atoms with E-state index in [0.29, 0.717) is 5.92 Å². The average Bonchev–Trinajstić information content (AvgIpc) is 2.37. The van der Waals surface area contributed by atoms with Crippen molar-refractivity contribution in [3.63, 3.8) is 0 Å². The van der Waals surface area contributed by atoms with Gasteiger partial charge in [-0.3, -0.25) is 0 Å². The molecule has 0 aliphatic carbocycles. The van der Waals surface area contributed by atoms with Gasteiger partial charge in [-0.15, -0.1) is 0 Å². The third-order valence-corrected chi connectivity index (χ3v) is 3.62. The fourth-order valence-corrected chi connectivity index (χ4v) is 2.25. The highest BCUT2D eigenvalue weighted by Crippen LogP contribution is 2.33. The number of ether oxygens (including phenoxy) is 1. The van der Waals surface area contributed by atoms with Crippen LogP contribution in [0.2, 0.25) is 0 Å². The molecule has 1 nitrogen and oxygen atoms in total. The zero-order valence-electron chi connectivity index (χ0n) is 10.7. The molecule has 17 heavy (non-hydrogen) atoms. The van der Waals surface area contributed by atoms with Gasteiger partial charge in [0.25, 0.3) is 0 Å². The van der Waals surface area contributed by atoms with Gasteiger partial charge in [-0.1, -0.05) is 42.4 Å². The quantitative estimate of drug-likeness (QED) is 0.684. The largest absolute Gasteiger partial charge is 0.497 e. The van der Waals surface area contributed by atoms with E-state index in [1.165, 1.54) is 11.1 Å². The highest BCUT2D eigenvalue weighted by Gasteiger charge is 2.12. The number of hydrogen-bond acceptors (Lipinski definition) is 1. The Balaban J connectivity index is 3.28. The lowest BCUT2D eigenvalue weighted by Gasteiger charge is -2.16. The second-order valence-corrected chi connectivity index (χ2v) is 4.87. The molecule has 0 saturated heterocycles. The Labute approximate surface area is 112 Å². The Bertz CT molecular complexity index is 421. The first-order valence-electron chi connectivity index (χ1n) is 5.80. The van der Waals surface area contributed by atoms with Crippen LogP contribution in [-0.2, 0) is 0 Å². The minimum atomic E-state index is 0.505. The Hall–Kier alpha value is -1.02. The third-order valence-electron chi connectivity index (χ3n) is 2.92. The Morgan fingerprint density at radius 1 is 1.53 bits per heavy atom. The lowest BCUT2D eigenvalue weighted by Crippen LogP contribution is -1.97. The summed E-state index contributed by atoms with van der Waals surface area (Å²) in [6.45, 7) is 8.15. The standard InChI is InChI=1S/C15H19BrO/c1-5-7-15(16)13-9-8-12(17-4)10-14(13)11(3)6-2/h5,7-11H,1,6H2,2-4H3/b15-7+. The molecule has 0 N–H and O–H groups in total. The second kappa shape index (κ2) is 6.65. The molecule has 1 aromatic carbocycles. The summed E-state index contributed by atoms with van der Waals surface area (Å²) in [5, 5.41) is 0. The average molecular weight is 295 g/mol. The molecule has 0 bridgehead atoms. The molecule has 1 atom stereocenters. The molecule has 92 valence electrons. The van der Waals surface area contributed by atoms with E-state index >= 15 is 0 Å². The molecule has 0 aliphatic rings. The highest BCUT2D eigenvalue weighted by molar-refractivity contribution is 9.15. The summed E-state index contributed by atoms with van der Waals surface area (Å²) in [5.74, 6) is 1.41. The fraction of sp³-hybridized carbons (Fsp3) is 0.333. The smallest absolute Gasteiger partial charge is 0.119 e. The SMILES string of the molecule is C=C/C=C(/Br)c1ccc(OC)cc1C(C)CC. The van der Waals surface area contributed by atoms with E-state index in [4.69, 9.17) is 4.74 Å². The summed E-state index contributed by atoms with van der Waals surface area (Å²) in [4.78, 5) is 0. The summed E-state index contributed by atoms with van der Waals surface area (Å²) in [6, 6.07) is 6.19. The monoisotopic (exact) mass is 294 g/mol. The number of benzene rings is 1. The molecule has 0 spiro atoms. The maximum Gasteiger partial charge on any atom is 0.119 e. The van der Waals surface area contributed by atoms with Crippen molar-refractivity contribution < 1.29 is 4.74 Å². The van der Waals surface area contributed by atoms with E-state index < -0.39 is 0 Å². The second-order valence-electron chi connectivity index (χ2n) is 4.01. The minimum Gasteiger partial charge on any atom is -0.497 e. The normalized spacial score (nSPS) is 13.3.